The molecule has 2 rings (SSSR count). The topological polar surface area (TPSA) is 100 Å². The van der Waals surface area contributed by atoms with Crippen LogP contribution in [0.2, 0.25) is 0 Å². The molecule has 2 aromatic rings. The zero-order chi connectivity index (χ0) is 20.0. The molecule has 1 aromatic heterocycles. The Balaban J connectivity index is 1.87. The van der Waals surface area contributed by atoms with Crippen LogP contribution in [0.15, 0.2) is 35.7 Å². The molecule has 0 bridgehead atoms. The summed E-state index contributed by atoms with van der Waals surface area (Å²) in [5.74, 6) is -0.809. The number of anilines is 1. The fourth-order valence-electron chi connectivity index (χ4n) is 2.20. The molecular formula is C19H24N4O3S. The standard InChI is InChI=1S/C19H24N4O3S/c1-12(16(25)23-19(2,3)4)20-15(24)10-14-11-27-18(21-14)22-17(26)13-8-6-5-7-9-13/h5-9,11-12H,10H2,1-4H3,(H,20,24)(H,23,25)(H,21,22,26). The molecule has 0 aliphatic rings. The lowest BCUT2D eigenvalue weighted by Gasteiger charge is -2.23. The lowest BCUT2D eigenvalue weighted by atomic mass is 10.1. The number of nitrogens with one attached hydrogen (secondary N) is 3. The van der Waals surface area contributed by atoms with Gasteiger partial charge in [0.15, 0.2) is 5.13 Å². The summed E-state index contributed by atoms with van der Waals surface area (Å²) in [6.45, 7) is 7.26. The largest absolute Gasteiger partial charge is 0.350 e. The molecule has 0 radical (unpaired) electrons. The molecule has 27 heavy (non-hydrogen) atoms. The van der Waals surface area contributed by atoms with Gasteiger partial charge < -0.3 is 10.6 Å². The molecule has 1 heterocycles. The molecule has 0 saturated carbocycles. The maximum atomic E-state index is 12.1. The van der Waals surface area contributed by atoms with Gasteiger partial charge in [0.25, 0.3) is 5.91 Å². The highest BCUT2D eigenvalue weighted by atomic mass is 32.1. The Morgan fingerprint density at radius 3 is 2.44 bits per heavy atom. The van der Waals surface area contributed by atoms with E-state index in [1.165, 1.54) is 11.3 Å². The van der Waals surface area contributed by atoms with Crippen molar-refractivity contribution in [3.05, 3.63) is 47.0 Å². The van der Waals surface area contributed by atoms with Gasteiger partial charge >= 0.3 is 0 Å². The number of carbonyl (C=O) groups is 3. The average molecular weight is 388 g/mol. The van der Waals surface area contributed by atoms with Gasteiger partial charge in [0.1, 0.15) is 6.04 Å². The Labute approximate surface area is 162 Å². The lowest BCUT2D eigenvalue weighted by Crippen LogP contribution is -2.51. The first kappa shape index (κ1) is 20.6. The molecule has 1 atom stereocenters. The maximum Gasteiger partial charge on any atom is 0.257 e. The third kappa shape index (κ3) is 6.82. The number of rotatable bonds is 6. The highest BCUT2D eigenvalue weighted by molar-refractivity contribution is 7.14. The van der Waals surface area contributed by atoms with E-state index < -0.39 is 6.04 Å². The fourth-order valence-corrected chi connectivity index (χ4v) is 2.91. The number of benzene rings is 1. The number of thiazole rings is 1. The second-order valence-corrected chi connectivity index (χ2v) is 8.03. The normalized spacial score (nSPS) is 12.1. The summed E-state index contributed by atoms with van der Waals surface area (Å²) in [6.07, 6.45) is 0.0326. The van der Waals surface area contributed by atoms with Crippen LogP contribution in [0, 0.1) is 0 Å². The van der Waals surface area contributed by atoms with E-state index in [1.807, 2.05) is 26.8 Å². The second kappa shape index (κ2) is 8.77. The van der Waals surface area contributed by atoms with Crippen LogP contribution >= 0.6 is 11.3 Å². The van der Waals surface area contributed by atoms with Crippen molar-refractivity contribution in [3.8, 4) is 0 Å². The molecule has 7 nitrogen and oxygen atoms in total. The predicted octanol–water partition coefficient (Wildman–Crippen LogP) is 2.36. The Kier molecular flexibility index (Phi) is 6.68. The minimum atomic E-state index is -0.646. The summed E-state index contributed by atoms with van der Waals surface area (Å²) in [6, 6.07) is 8.17. The number of nitrogens with zero attached hydrogens (tertiary/aromatic N) is 1. The van der Waals surface area contributed by atoms with Crippen molar-refractivity contribution in [3.63, 3.8) is 0 Å². The number of carbonyl (C=O) groups excluding carboxylic acids is 3. The average Bonchev–Trinajstić information content (AvgIpc) is 3.00. The molecule has 144 valence electrons. The summed E-state index contributed by atoms with van der Waals surface area (Å²) < 4.78 is 0. The zero-order valence-electron chi connectivity index (χ0n) is 15.8. The number of amides is 3. The monoisotopic (exact) mass is 388 g/mol. The van der Waals surface area contributed by atoms with Crippen LogP contribution in [-0.2, 0) is 16.0 Å². The van der Waals surface area contributed by atoms with E-state index in [0.29, 0.717) is 16.4 Å². The van der Waals surface area contributed by atoms with Gasteiger partial charge in [-0.3, -0.25) is 19.7 Å². The zero-order valence-corrected chi connectivity index (χ0v) is 16.6. The van der Waals surface area contributed by atoms with Crippen molar-refractivity contribution in [2.24, 2.45) is 0 Å². The van der Waals surface area contributed by atoms with E-state index in [4.69, 9.17) is 0 Å². The van der Waals surface area contributed by atoms with Gasteiger partial charge in [0, 0.05) is 16.5 Å². The van der Waals surface area contributed by atoms with Crippen LogP contribution in [0.4, 0.5) is 5.13 Å². The molecule has 0 saturated heterocycles. The van der Waals surface area contributed by atoms with Crippen LogP contribution in [0.1, 0.15) is 43.7 Å². The van der Waals surface area contributed by atoms with Crippen molar-refractivity contribution in [2.75, 3.05) is 5.32 Å². The minimum Gasteiger partial charge on any atom is -0.350 e. The fraction of sp³-hybridized carbons (Fsp3) is 0.368. The van der Waals surface area contributed by atoms with Gasteiger partial charge in [-0.05, 0) is 39.8 Å². The highest BCUT2D eigenvalue weighted by Crippen LogP contribution is 2.17. The minimum absolute atomic E-state index is 0.0326. The van der Waals surface area contributed by atoms with Crippen molar-refractivity contribution in [1.82, 2.24) is 15.6 Å². The Hall–Kier alpha value is -2.74. The van der Waals surface area contributed by atoms with Gasteiger partial charge in [-0.15, -0.1) is 11.3 Å². The smallest absolute Gasteiger partial charge is 0.257 e. The second-order valence-electron chi connectivity index (χ2n) is 7.17. The van der Waals surface area contributed by atoms with Crippen LogP contribution in [0.5, 0.6) is 0 Å². The number of hydrogen-bond donors (Lipinski definition) is 3. The summed E-state index contributed by atoms with van der Waals surface area (Å²) in [5, 5.41) is 10.3. The number of hydrogen-bond acceptors (Lipinski definition) is 5. The van der Waals surface area contributed by atoms with E-state index in [9.17, 15) is 14.4 Å². The maximum absolute atomic E-state index is 12.1. The van der Waals surface area contributed by atoms with Gasteiger partial charge in [-0.25, -0.2) is 4.98 Å². The molecule has 3 N–H and O–H groups in total. The van der Waals surface area contributed by atoms with Gasteiger partial charge in [-0.2, -0.15) is 0 Å². The molecule has 0 spiro atoms. The van der Waals surface area contributed by atoms with E-state index in [-0.39, 0.29) is 29.7 Å². The Bertz CT molecular complexity index is 812. The predicted molar refractivity (Wildman–Crippen MR) is 106 cm³/mol. The van der Waals surface area contributed by atoms with E-state index >= 15 is 0 Å². The van der Waals surface area contributed by atoms with Crippen molar-refractivity contribution in [2.45, 2.75) is 45.7 Å². The van der Waals surface area contributed by atoms with Crippen molar-refractivity contribution >= 4 is 34.2 Å². The highest BCUT2D eigenvalue weighted by Gasteiger charge is 2.21. The molecule has 1 unspecified atom stereocenters. The third-order valence-corrected chi connectivity index (χ3v) is 4.23. The Morgan fingerprint density at radius 2 is 1.81 bits per heavy atom. The molecule has 1 aromatic carbocycles. The van der Waals surface area contributed by atoms with Crippen LogP contribution < -0.4 is 16.0 Å². The van der Waals surface area contributed by atoms with Crippen LogP contribution in [0.3, 0.4) is 0 Å². The van der Waals surface area contributed by atoms with Crippen molar-refractivity contribution in [1.29, 1.82) is 0 Å². The van der Waals surface area contributed by atoms with E-state index in [2.05, 4.69) is 20.9 Å². The molecule has 8 heteroatoms. The van der Waals surface area contributed by atoms with Crippen LogP contribution in [0.25, 0.3) is 0 Å². The summed E-state index contributed by atoms with van der Waals surface area (Å²) in [4.78, 5) is 40.5. The molecule has 0 aliphatic carbocycles. The quantitative estimate of drug-likeness (QED) is 0.707. The first-order chi connectivity index (χ1) is 12.6. The summed E-state index contributed by atoms with van der Waals surface area (Å²) >= 11 is 1.25. The first-order valence-electron chi connectivity index (χ1n) is 8.56. The SMILES string of the molecule is CC(NC(=O)Cc1csc(NC(=O)c2ccccc2)n1)C(=O)NC(C)(C)C. The van der Waals surface area contributed by atoms with Gasteiger partial charge in [-0.1, -0.05) is 18.2 Å². The third-order valence-electron chi connectivity index (χ3n) is 3.42. The summed E-state index contributed by atoms with van der Waals surface area (Å²) in [7, 11) is 0. The van der Waals surface area contributed by atoms with E-state index in [0.717, 1.165) is 0 Å². The van der Waals surface area contributed by atoms with Crippen molar-refractivity contribution < 1.29 is 14.4 Å². The molecule has 0 aliphatic heterocycles. The Morgan fingerprint density at radius 1 is 1.15 bits per heavy atom. The summed E-state index contributed by atoms with van der Waals surface area (Å²) in [5.41, 5.74) is 0.701. The van der Waals surface area contributed by atoms with Gasteiger partial charge in [0.2, 0.25) is 11.8 Å². The molecule has 0 fully saturated rings. The van der Waals surface area contributed by atoms with Crippen LogP contribution in [-0.4, -0.2) is 34.3 Å². The van der Waals surface area contributed by atoms with E-state index in [1.54, 1.807) is 36.6 Å². The lowest BCUT2D eigenvalue weighted by molar-refractivity contribution is -0.129. The number of aromatic nitrogens is 1. The first-order valence-corrected chi connectivity index (χ1v) is 9.44. The van der Waals surface area contributed by atoms with Gasteiger partial charge in [0.05, 0.1) is 12.1 Å². The molecule has 3 amide bonds. The molecular weight excluding hydrogens is 364 g/mol.